The van der Waals surface area contributed by atoms with E-state index in [4.69, 9.17) is 11.6 Å². The third kappa shape index (κ3) is 4.78. The van der Waals surface area contributed by atoms with Gasteiger partial charge in [-0.25, -0.2) is 4.79 Å². The molecule has 136 valence electrons. The summed E-state index contributed by atoms with van der Waals surface area (Å²) < 4.78 is 0. The van der Waals surface area contributed by atoms with E-state index in [1.165, 1.54) is 0 Å². The summed E-state index contributed by atoms with van der Waals surface area (Å²) in [5, 5.41) is 3.59. The van der Waals surface area contributed by atoms with Gasteiger partial charge in [0.1, 0.15) is 0 Å². The van der Waals surface area contributed by atoms with Gasteiger partial charge < -0.3 is 20.0 Å². The van der Waals surface area contributed by atoms with Crippen LogP contribution < -0.4 is 10.2 Å². The van der Waals surface area contributed by atoms with E-state index in [1.54, 1.807) is 4.90 Å². The molecule has 0 radical (unpaired) electrons. The third-order valence-corrected chi connectivity index (χ3v) is 5.05. The molecule has 0 saturated carbocycles. The lowest BCUT2D eigenvalue weighted by molar-refractivity contribution is -0.129. The number of anilines is 1. The maximum absolute atomic E-state index is 12.2. The lowest BCUT2D eigenvalue weighted by Gasteiger charge is -2.36. The number of carbonyl (C=O) groups is 2. The Kier molecular flexibility index (Phi) is 6.02. The highest BCUT2D eigenvalue weighted by Crippen LogP contribution is 2.20. The van der Waals surface area contributed by atoms with Gasteiger partial charge in [0.25, 0.3) is 0 Å². The van der Waals surface area contributed by atoms with Gasteiger partial charge in [-0.15, -0.1) is 0 Å². The van der Waals surface area contributed by atoms with Gasteiger partial charge in [-0.2, -0.15) is 0 Å². The molecule has 0 spiro atoms. The molecule has 2 aliphatic rings. The minimum Gasteiger partial charge on any atom is -0.368 e. The monoisotopic (exact) mass is 364 g/mol. The zero-order valence-corrected chi connectivity index (χ0v) is 15.2. The maximum atomic E-state index is 12.2. The minimum atomic E-state index is -0.0834. The fourth-order valence-corrected chi connectivity index (χ4v) is 3.54. The SMILES string of the molecule is O=C(CCNC(=O)N1CCN(c2cccc(Cl)c2)CC1)N1CCCC1. The van der Waals surface area contributed by atoms with Gasteiger partial charge in [0, 0.05) is 62.9 Å². The molecule has 0 aromatic heterocycles. The average molecular weight is 365 g/mol. The van der Waals surface area contributed by atoms with Crippen LogP contribution in [0.15, 0.2) is 24.3 Å². The third-order valence-electron chi connectivity index (χ3n) is 4.81. The molecule has 7 heteroatoms. The molecular weight excluding hydrogens is 340 g/mol. The number of rotatable bonds is 4. The van der Waals surface area contributed by atoms with E-state index in [2.05, 4.69) is 10.2 Å². The van der Waals surface area contributed by atoms with Crippen molar-refractivity contribution in [1.29, 1.82) is 0 Å². The zero-order chi connectivity index (χ0) is 17.6. The molecule has 6 nitrogen and oxygen atoms in total. The zero-order valence-electron chi connectivity index (χ0n) is 14.4. The Hall–Kier alpha value is -1.95. The van der Waals surface area contributed by atoms with E-state index in [0.29, 0.717) is 26.1 Å². The Morgan fingerprint density at radius 3 is 2.40 bits per heavy atom. The first-order valence-corrected chi connectivity index (χ1v) is 9.32. The Morgan fingerprint density at radius 1 is 1.00 bits per heavy atom. The van der Waals surface area contributed by atoms with Crippen LogP contribution in [0.2, 0.25) is 5.02 Å². The second kappa shape index (κ2) is 8.43. The van der Waals surface area contributed by atoms with Gasteiger partial charge in [-0.05, 0) is 31.0 Å². The van der Waals surface area contributed by atoms with Crippen molar-refractivity contribution >= 4 is 29.2 Å². The van der Waals surface area contributed by atoms with Crippen LogP contribution in [0.4, 0.5) is 10.5 Å². The summed E-state index contributed by atoms with van der Waals surface area (Å²) in [6.07, 6.45) is 2.57. The summed E-state index contributed by atoms with van der Waals surface area (Å²) in [6, 6.07) is 7.69. The topological polar surface area (TPSA) is 55.9 Å². The van der Waals surface area contributed by atoms with Crippen molar-refractivity contribution in [3.05, 3.63) is 29.3 Å². The Balaban J connectivity index is 1.38. The normalized spacial score (nSPS) is 17.7. The lowest BCUT2D eigenvalue weighted by Crippen LogP contribution is -2.52. The van der Waals surface area contributed by atoms with Crippen LogP contribution in [-0.4, -0.2) is 67.6 Å². The summed E-state index contributed by atoms with van der Waals surface area (Å²) in [5.74, 6) is 0.142. The summed E-state index contributed by atoms with van der Waals surface area (Å²) in [7, 11) is 0. The number of amides is 3. The smallest absolute Gasteiger partial charge is 0.317 e. The predicted molar refractivity (Wildman–Crippen MR) is 99.1 cm³/mol. The van der Waals surface area contributed by atoms with E-state index < -0.39 is 0 Å². The molecule has 3 amide bonds. The first-order valence-electron chi connectivity index (χ1n) is 8.94. The molecule has 1 aromatic carbocycles. The molecule has 2 aliphatic heterocycles. The van der Waals surface area contributed by atoms with Crippen molar-refractivity contribution < 1.29 is 9.59 Å². The number of halogens is 1. The molecule has 0 unspecified atom stereocenters. The molecule has 0 aliphatic carbocycles. The van der Waals surface area contributed by atoms with Crippen LogP contribution in [0.3, 0.4) is 0 Å². The molecule has 0 atom stereocenters. The molecule has 2 fully saturated rings. The van der Waals surface area contributed by atoms with E-state index in [1.807, 2.05) is 29.2 Å². The van der Waals surface area contributed by atoms with Crippen molar-refractivity contribution in [3.63, 3.8) is 0 Å². The van der Waals surface area contributed by atoms with Crippen LogP contribution in [0.1, 0.15) is 19.3 Å². The number of hydrogen-bond acceptors (Lipinski definition) is 3. The standard InChI is InChI=1S/C18H25ClN4O2/c19-15-4-3-5-16(14-15)21-10-12-23(13-11-21)18(25)20-7-6-17(24)22-8-1-2-9-22/h3-5,14H,1-2,6-13H2,(H,20,25). The van der Waals surface area contributed by atoms with E-state index in [9.17, 15) is 9.59 Å². The van der Waals surface area contributed by atoms with Crippen LogP contribution in [0.5, 0.6) is 0 Å². The molecule has 3 rings (SSSR count). The van der Waals surface area contributed by atoms with Gasteiger partial charge in [0.05, 0.1) is 0 Å². The average Bonchev–Trinajstić information content (AvgIpc) is 3.16. The molecule has 2 saturated heterocycles. The van der Waals surface area contributed by atoms with Crippen LogP contribution >= 0.6 is 11.6 Å². The number of piperazine rings is 1. The second-order valence-corrected chi connectivity index (χ2v) is 6.96. The number of hydrogen-bond donors (Lipinski definition) is 1. The van der Waals surface area contributed by atoms with Crippen LogP contribution in [-0.2, 0) is 4.79 Å². The summed E-state index contributed by atoms with van der Waals surface area (Å²) >= 11 is 6.04. The van der Waals surface area contributed by atoms with Crippen molar-refractivity contribution in [2.24, 2.45) is 0 Å². The Bertz CT molecular complexity index is 611. The molecule has 1 N–H and O–H groups in total. The number of carbonyl (C=O) groups excluding carboxylic acids is 2. The number of urea groups is 1. The van der Waals surface area contributed by atoms with E-state index >= 15 is 0 Å². The number of nitrogens with zero attached hydrogens (tertiary/aromatic N) is 3. The van der Waals surface area contributed by atoms with Crippen molar-refractivity contribution in [2.45, 2.75) is 19.3 Å². The molecule has 1 aromatic rings. The highest BCUT2D eigenvalue weighted by Gasteiger charge is 2.22. The molecule has 2 heterocycles. The second-order valence-electron chi connectivity index (χ2n) is 6.52. The van der Waals surface area contributed by atoms with E-state index in [0.717, 1.165) is 49.7 Å². The quantitative estimate of drug-likeness (QED) is 0.891. The largest absolute Gasteiger partial charge is 0.368 e. The Morgan fingerprint density at radius 2 is 1.72 bits per heavy atom. The molecule has 0 bridgehead atoms. The van der Waals surface area contributed by atoms with Crippen molar-refractivity contribution in [2.75, 3.05) is 50.7 Å². The summed E-state index contributed by atoms with van der Waals surface area (Å²) in [4.78, 5) is 30.1. The van der Waals surface area contributed by atoms with Crippen LogP contribution in [0, 0.1) is 0 Å². The van der Waals surface area contributed by atoms with Crippen LogP contribution in [0.25, 0.3) is 0 Å². The van der Waals surface area contributed by atoms with Crippen molar-refractivity contribution in [1.82, 2.24) is 15.1 Å². The number of benzene rings is 1. The lowest BCUT2D eigenvalue weighted by atomic mass is 10.2. The molecule has 25 heavy (non-hydrogen) atoms. The molecular formula is C18H25ClN4O2. The van der Waals surface area contributed by atoms with Crippen molar-refractivity contribution in [3.8, 4) is 0 Å². The van der Waals surface area contributed by atoms with Gasteiger partial charge in [0.2, 0.25) is 5.91 Å². The van der Waals surface area contributed by atoms with Gasteiger partial charge in [0.15, 0.2) is 0 Å². The Labute approximate surface area is 153 Å². The number of likely N-dealkylation sites (tertiary alicyclic amines) is 1. The summed E-state index contributed by atoms with van der Waals surface area (Å²) in [6.45, 7) is 5.01. The number of nitrogens with one attached hydrogen (secondary N) is 1. The summed E-state index contributed by atoms with van der Waals surface area (Å²) in [5.41, 5.74) is 1.09. The maximum Gasteiger partial charge on any atom is 0.317 e. The first-order chi connectivity index (χ1) is 12.1. The highest BCUT2D eigenvalue weighted by molar-refractivity contribution is 6.30. The van der Waals surface area contributed by atoms with Gasteiger partial charge >= 0.3 is 6.03 Å². The fourth-order valence-electron chi connectivity index (χ4n) is 3.35. The minimum absolute atomic E-state index is 0.0834. The van der Waals surface area contributed by atoms with Gasteiger partial charge in [-0.3, -0.25) is 4.79 Å². The van der Waals surface area contributed by atoms with Gasteiger partial charge in [-0.1, -0.05) is 17.7 Å². The fraction of sp³-hybridized carbons (Fsp3) is 0.556. The van der Waals surface area contributed by atoms with E-state index in [-0.39, 0.29) is 11.9 Å². The first kappa shape index (κ1) is 17.9. The predicted octanol–water partition coefficient (Wildman–Crippen LogP) is 2.18. The highest BCUT2D eigenvalue weighted by atomic mass is 35.5.